The third-order valence-electron chi connectivity index (χ3n) is 4.78. The van der Waals surface area contributed by atoms with E-state index in [2.05, 4.69) is 10.3 Å². The maximum Gasteiger partial charge on any atom is 0.325 e. The van der Waals surface area contributed by atoms with Crippen LogP contribution in [0.5, 0.6) is 5.75 Å². The number of anilines is 1. The summed E-state index contributed by atoms with van der Waals surface area (Å²) in [7, 11) is -4.55. The Bertz CT molecular complexity index is 1400. The molecule has 1 aromatic heterocycles. The van der Waals surface area contributed by atoms with Gasteiger partial charge in [-0.1, -0.05) is 29.8 Å². The number of amides is 1. The van der Waals surface area contributed by atoms with Gasteiger partial charge in [-0.3, -0.25) is 18.9 Å². The smallest absolute Gasteiger partial charge is 0.325 e. The number of hydrogen-bond donors (Lipinski definition) is 3. The zero-order valence-corrected chi connectivity index (χ0v) is 20.0. The Morgan fingerprint density at radius 1 is 1.09 bits per heavy atom. The predicted octanol–water partition coefficient (Wildman–Crippen LogP) is 1.94. The first-order chi connectivity index (χ1) is 16.1. The molecular formula is C22H23ClN4O6S. The average molecular weight is 507 g/mol. The summed E-state index contributed by atoms with van der Waals surface area (Å²) >= 11 is 6.11. The molecule has 2 aromatic carbocycles. The molecule has 0 saturated carbocycles. The molecule has 0 radical (unpaired) electrons. The van der Waals surface area contributed by atoms with Crippen molar-refractivity contribution in [2.45, 2.75) is 25.3 Å². The summed E-state index contributed by atoms with van der Waals surface area (Å²) in [5.74, 6) is -0.124. The van der Waals surface area contributed by atoms with Crippen molar-refractivity contribution < 1.29 is 17.9 Å². The van der Waals surface area contributed by atoms with Gasteiger partial charge in [-0.15, -0.1) is 0 Å². The van der Waals surface area contributed by atoms with Gasteiger partial charge in [0.15, 0.2) is 4.90 Å². The van der Waals surface area contributed by atoms with E-state index in [0.29, 0.717) is 22.9 Å². The molecule has 3 rings (SSSR count). The fraction of sp³-hybridized carbons (Fsp3) is 0.227. The summed E-state index contributed by atoms with van der Waals surface area (Å²) in [4.78, 5) is 40.2. The van der Waals surface area contributed by atoms with Crippen LogP contribution in [0.25, 0.3) is 0 Å². The largest absolute Gasteiger partial charge is 0.494 e. The van der Waals surface area contributed by atoms with Crippen LogP contribution in [0.2, 0.25) is 5.02 Å². The zero-order chi connectivity index (χ0) is 24.9. The molecule has 0 aliphatic carbocycles. The first-order valence-corrected chi connectivity index (χ1v) is 12.0. The van der Waals surface area contributed by atoms with Gasteiger partial charge in [-0.25, -0.2) is 13.2 Å². The van der Waals surface area contributed by atoms with E-state index in [1.54, 1.807) is 43.3 Å². The number of rotatable bonds is 9. The summed E-state index contributed by atoms with van der Waals surface area (Å²) in [6, 6.07) is 12.9. The number of benzene rings is 2. The molecule has 12 heteroatoms. The molecule has 10 nitrogen and oxygen atoms in total. The van der Waals surface area contributed by atoms with E-state index in [9.17, 15) is 22.8 Å². The standard InChI is InChI=1S/C22H23ClN4O6S/c1-3-33-17-10-8-16(9-11-17)27(13-19(28)24-12-15-6-4-5-7-18(15)23)34(31,32)20-14(2)25-22(30)26-21(20)29/h4-11H,3,12-13H2,1-2H3,(H,24,28)(H2,25,26,29,30). The lowest BCUT2D eigenvalue weighted by Crippen LogP contribution is -2.43. The number of halogens is 1. The number of nitrogens with one attached hydrogen (secondary N) is 3. The number of aryl methyl sites for hydroxylation is 1. The van der Waals surface area contributed by atoms with Gasteiger partial charge in [0.05, 0.1) is 12.3 Å². The van der Waals surface area contributed by atoms with Crippen molar-refractivity contribution in [2.24, 2.45) is 0 Å². The van der Waals surface area contributed by atoms with Crippen molar-refractivity contribution in [2.75, 3.05) is 17.5 Å². The minimum atomic E-state index is -4.55. The maximum atomic E-state index is 13.5. The molecule has 3 aromatic rings. The first kappa shape index (κ1) is 25.1. The second-order valence-corrected chi connectivity index (χ2v) is 9.38. The minimum absolute atomic E-state index is 0.0773. The lowest BCUT2D eigenvalue weighted by atomic mass is 10.2. The van der Waals surface area contributed by atoms with E-state index < -0.39 is 38.6 Å². The van der Waals surface area contributed by atoms with Gasteiger partial charge in [0.2, 0.25) is 5.91 Å². The number of aromatic amines is 2. The number of nitrogens with zero attached hydrogens (tertiary/aromatic N) is 1. The van der Waals surface area contributed by atoms with Gasteiger partial charge in [0, 0.05) is 17.3 Å². The lowest BCUT2D eigenvalue weighted by molar-refractivity contribution is -0.119. The highest BCUT2D eigenvalue weighted by atomic mass is 35.5. The van der Waals surface area contributed by atoms with Gasteiger partial charge in [-0.05, 0) is 49.7 Å². The van der Waals surface area contributed by atoms with Crippen LogP contribution in [0.15, 0.2) is 63.0 Å². The van der Waals surface area contributed by atoms with E-state index in [4.69, 9.17) is 16.3 Å². The number of carbonyl (C=O) groups is 1. The summed E-state index contributed by atoms with van der Waals surface area (Å²) in [6.07, 6.45) is 0. The van der Waals surface area contributed by atoms with Crippen molar-refractivity contribution in [3.8, 4) is 5.75 Å². The zero-order valence-electron chi connectivity index (χ0n) is 18.4. The van der Waals surface area contributed by atoms with Gasteiger partial charge >= 0.3 is 5.69 Å². The summed E-state index contributed by atoms with van der Waals surface area (Å²) < 4.78 is 33.2. The molecule has 0 spiro atoms. The monoisotopic (exact) mass is 506 g/mol. The molecule has 1 heterocycles. The van der Waals surface area contributed by atoms with Crippen molar-refractivity contribution in [1.29, 1.82) is 0 Å². The molecule has 3 N–H and O–H groups in total. The highest BCUT2D eigenvalue weighted by Gasteiger charge is 2.32. The molecule has 0 fully saturated rings. The molecule has 0 saturated heterocycles. The molecule has 0 atom stereocenters. The Kier molecular flexibility index (Phi) is 7.79. The molecule has 0 aliphatic rings. The van der Waals surface area contributed by atoms with Gasteiger partial charge < -0.3 is 15.0 Å². The Balaban J connectivity index is 1.97. The fourth-order valence-electron chi connectivity index (χ4n) is 3.22. The quantitative estimate of drug-likeness (QED) is 0.405. The van der Waals surface area contributed by atoms with Gasteiger partial charge in [0.1, 0.15) is 12.3 Å². The molecule has 0 aliphatic heterocycles. The second-order valence-electron chi connectivity index (χ2n) is 7.17. The van der Waals surface area contributed by atoms with Gasteiger partial charge in [0.25, 0.3) is 15.6 Å². The van der Waals surface area contributed by atoms with Crippen LogP contribution in [0.1, 0.15) is 18.2 Å². The molecule has 34 heavy (non-hydrogen) atoms. The number of carbonyl (C=O) groups excluding carboxylic acids is 1. The Labute approximate surface area is 200 Å². The van der Waals surface area contributed by atoms with Crippen LogP contribution in [-0.4, -0.2) is 37.4 Å². The molecular weight excluding hydrogens is 484 g/mol. The number of ether oxygens (including phenoxy) is 1. The van der Waals surface area contributed by atoms with E-state index >= 15 is 0 Å². The van der Waals surface area contributed by atoms with Gasteiger partial charge in [-0.2, -0.15) is 0 Å². The topological polar surface area (TPSA) is 141 Å². The number of sulfonamides is 1. The Hall–Kier alpha value is -3.57. The van der Waals surface area contributed by atoms with Crippen molar-refractivity contribution in [3.63, 3.8) is 0 Å². The Morgan fingerprint density at radius 3 is 2.38 bits per heavy atom. The summed E-state index contributed by atoms with van der Waals surface area (Å²) in [5, 5.41) is 3.09. The van der Waals surface area contributed by atoms with Crippen molar-refractivity contribution >= 4 is 33.2 Å². The van der Waals surface area contributed by atoms with Crippen molar-refractivity contribution in [1.82, 2.24) is 15.3 Å². The van der Waals surface area contributed by atoms with E-state index in [1.165, 1.54) is 19.1 Å². The first-order valence-electron chi connectivity index (χ1n) is 10.2. The molecule has 1 amide bonds. The maximum absolute atomic E-state index is 13.5. The predicted molar refractivity (Wildman–Crippen MR) is 128 cm³/mol. The van der Waals surface area contributed by atoms with Crippen LogP contribution in [0.3, 0.4) is 0 Å². The number of aromatic nitrogens is 2. The van der Waals surface area contributed by atoms with Crippen LogP contribution in [0.4, 0.5) is 5.69 Å². The van der Waals surface area contributed by atoms with Crippen LogP contribution in [-0.2, 0) is 21.4 Å². The normalized spacial score (nSPS) is 11.1. The average Bonchev–Trinajstić information content (AvgIpc) is 2.77. The number of hydrogen-bond acceptors (Lipinski definition) is 6. The highest BCUT2D eigenvalue weighted by molar-refractivity contribution is 7.92. The second kappa shape index (κ2) is 10.6. The number of H-pyrrole nitrogens is 2. The SMILES string of the molecule is CCOc1ccc(N(CC(=O)NCc2ccccc2Cl)S(=O)(=O)c2c(C)[nH]c(=O)[nH]c2=O)cc1. The Morgan fingerprint density at radius 2 is 1.76 bits per heavy atom. The van der Waals surface area contributed by atoms with Crippen molar-refractivity contribution in [3.05, 3.63) is 85.6 Å². The summed E-state index contributed by atoms with van der Waals surface area (Å²) in [5.41, 5.74) is -1.30. The van der Waals surface area contributed by atoms with E-state index in [-0.39, 0.29) is 17.9 Å². The van der Waals surface area contributed by atoms with Crippen LogP contribution >= 0.6 is 11.6 Å². The minimum Gasteiger partial charge on any atom is -0.494 e. The molecule has 0 unspecified atom stereocenters. The van der Waals surface area contributed by atoms with Crippen LogP contribution in [0, 0.1) is 6.92 Å². The van der Waals surface area contributed by atoms with Crippen LogP contribution < -0.4 is 25.6 Å². The van der Waals surface area contributed by atoms with E-state index in [0.717, 1.165) is 4.31 Å². The molecule has 180 valence electrons. The fourth-order valence-corrected chi connectivity index (χ4v) is 5.05. The lowest BCUT2D eigenvalue weighted by Gasteiger charge is -2.24. The third kappa shape index (κ3) is 5.67. The third-order valence-corrected chi connectivity index (χ3v) is 7.08. The summed E-state index contributed by atoms with van der Waals surface area (Å²) in [6.45, 7) is 2.96. The van der Waals surface area contributed by atoms with E-state index in [1.807, 2.05) is 4.98 Å². The highest BCUT2D eigenvalue weighted by Crippen LogP contribution is 2.25. The molecule has 0 bridgehead atoms.